The summed E-state index contributed by atoms with van der Waals surface area (Å²) in [5.74, 6) is 2.54. The van der Waals surface area contributed by atoms with Crippen LogP contribution < -0.4 is 18.9 Å². The number of nitrogens with zero attached hydrogens (tertiary/aromatic N) is 1. The van der Waals surface area contributed by atoms with Crippen molar-refractivity contribution in [2.45, 2.75) is 51.1 Å². The molecular formula is C32H39NO7. The van der Waals surface area contributed by atoms with Gasteiger partial charge >= 0.3 is 0 Å². The van der Waals surface area contributed by atoms with Crippen molar-refractivity contribution < 1.29 is 33.2 Å². The number of hydrogen-bond acceptors (Lipinski definition) is 8. The Balaban J connectivity index is 1.33. The molecule has 2 atom stereocenters. The van der Waals surface area contributed by atoms with Crippen molar-refractivity contribution in [1.29, 1.82) is 0 Å². The predicted octanol–water partition coefficient (Wildman–Crippen LogP) is 5.50. The molecular weight excluding hydrogens is 510 g/mol. The summed E-state index contributed by atoms with van der Waals surface area (Å²) < 4.78 is 34.7. The molecule has 40 heavy (non-hydrogen) atoms. The quantitative estimate of drug-likeness (QED) is 0.400. The minimum absolute atomic E-state index is 0.0305. The number of likely N-dealkylation sites (tertiary alicyclic amines) is 1. The lowest BCUT2D eigenvalue weighted by atomic mass is 9.94. The summed E-state index contributed by atoms with van der Waals surface area (Å²) in [5, 5.41) is 0. The molecule has 0 aliphatic carbocycles. The van der Waals surface area contributed by atoms with Gasteiger partial charge in [-0.05, 0) is 80.3 Å². The van der Waals surface area contributed by atoms with Gasteiger partial charge in [-0.15, -0.1) is 0 Å². The normalized spacial score (nSPS) is 24.2. The second kappa shape index (κ2) is 13.4. The predicted molar refractivity (Wildman–Crippen MR) is 153 cm³/mol. The van der Waals surface area contributed by atoms with Crippen LogP contribution >= 0.6 is 0 Å². The van der Waals surface area contributed by atoms with Crippen LogP contribution in [0.15, 0.2) is 47.5 Å². The molecule has 0 saturated carbocycles. The van der Waals surface area contributed by atoms with Gasteiger partial charge in [0.2, 0.25) is 0 Å². The molecule has 0 radical (unpaired) electrons. The summed E-state index contributed by atoms with van der Waals surface area (Å²) in [5.41, 5.74) is 3.18. The Morgan fingerprint density at radius 1 is 0.725 bits per heavy atom. The molecule has 2 unspecified atom stereocenters. The van der Waals surface area contributed by atoms with E-state index in [0.717, 1.165) is 49.7 Å². The van der Waals surface area contributed by atoms with Crippen molar-refractivity contribution in [2.75, 3.05) is 47.6 Å². The first kappa shape index (κ1) is 28.2. The Labute approximate surface area is 236 Å². The first-order valence-corrected chi connectivity index (χ1v) is 14.1. The molecule has 5 rings (SSSR count). The van der Waals surface area contributed by atoms with Gasteiger partial charge < -0.3 is 28.4 Å². The highest BCUT2D eigenvalue weighted by Crippen LogP contribution is 2.34. The smallest absolute Gasteiger partial charge is 0.200 e. The zero-order chi connectivity index (χ0) is 27.9. The Morgan fingerprint density at radius 3 is 1.60 bits per heavy atom. The van der Waals surface area contributed by atoms with Crippen LogP contribution in [-0.2, 0) is 14.3 Å². The van der Waals surface area contributed by atoms with Crippen molar-refractivity contribution in [3.8, 4) is 23.0 Å². The Kier molecular flexibility index (Phi) is 9.41. The van der Waals surface area contributed by atoms with Gasteiger partial charge in [-0.3, -0.25) is 9.69 Å². The van der Waals surface area contributed by atoms with Crippen molar-refractivity contribution >= 4 is 17.9 Å². The summed E-state index contributed by atoms with van der Waals surface area (Å²) in [7, 11) is 5.25. The number of ketones is 1. The van der Waals surface area contributed by atoms with Crippen molar-refractivity contribution in [2.24, 2.45) is 0 Å². The van der Waals surface area contributed by atoms with E-state index in [-0.39, 0.29) is 18.4 Å². The molecule has 0 N–H and O–H groups in total. The first-order chi connectivity index (χ1) is 19.5. The molecule has 2 aromatic carbocycles. The number of Topliss-reactive ketones (excluding diaryl/α,β-unsaturated/α-hetero) is 1. The average Bonchev–Trinajstić information content (AvgIpc) is 2.98. The summed E-state index contributed by atoms with van der Waals surface area (Å²) in [6.07, 6.45) is 9.36. The van der Waals surface area contributed by atoms with Gasteiger partial charge in [-0.1, -0.05) is 12.1 Å². The SMILES string of the molecule is COc1cc(C=C2CN(C)CC(=Cc3ccc(OC4CCCCO4)c(OC)c3)C2=O)ccc1OC1CCCCO1. The summed E-state index contributed by atoms with van der Waals surface area (Å²) in [4.78, 5) is 15.7. The van der Waals surface area contributed by atoms with Crippen LogP contribution in [0.5, 0.6) is 23.0 Å². The van der Waals surface area contributed by atoms with E-state index < -0.39 is 0 Å². The van der Waals surface area contributed by atoms with E-state index in [1.807, 2.05) is 55.6 Å². The highest BCUT2D eigenvalue weighted by atomic mass is 16.7. The third-order valence-electron chi connectivity index (χ3n) is 7.31. The Hall–Kier alpha value is -3.33. The summed E-state index contributed by atoms with van der Waals surface area (Å²) in [6, 6.07) is 11.4. The molecule has 3 aliphatic rings. The fourth-order valence-corrected chi connectivity index (χ4v) is 5.25. The molecule has 0 aromatic heterocycles. The number of carbonyl (C=O) groups is 1. The summed E-state index contributed by atoms with van der Waals surface area (Å²) >= 11 is 0. The maximum Gasteiger partial charge on any atom is 0.200 e. The number of likely N-dealkylation sites (N-methyl/N-ethyl adjacent to an activating group) is 1. The number of methoxy groups -OCH3 is 2. The zero-order valence-electron chi connectivity index (χ0n) is 23.6. The topological polar surface area (TPSA) is 75.7 Å². The Bertz CT molecular complexity index is 1150. The van der Waals surface area contributed by atoms with E-state index in [9.17, 15) is 4.79 Å². The Morgan fingerprint density at radius 2 is 1.20 bits per heavy atom. The third-order valence-corrected chi connectivity index (χ3v) is 7.31. The molecule has 0 amide bonds. The van der Waals surface area contributed by atoms with Gasteiger partial charge in [-0.2, -0.15) is 0 Å². The van der Waals surface area contributed by atoms with Gasteiger partial charge in [0.05, 0.1) is 27.4 Å². The third kappa shape index (κ3) is 7.05. The van der Waals surface area contributed by atoms with Gasteiger partial charge in [-0.25, -0.2) is 0 Å². The lowest BCUT2D eigenvalue weighted by Gasteiger charge is -2.26. The minimum Gasteiger partial charge on any atom is -0.493 e. The van der Waals surface area contributed by atoms with Gasteiger partial charge in [0, 0.05) is 37.1 Å². The van der Waals surface area contributed by atoms with Crippen LogP contribution in [0.1, 0.15) is 49.7 Å². The maximum atomic E-state index is 13.5. The van der Waals surface area contributed by atoms with Crippen molar-refractivity contribution in [1.82, 2.24) is 4.90 Å². The lowest BCUT2D eigenvalue weighted by molar-refractivity contribution is -0.113. The highest BCUT2D eigenvalue weighted by Gasteiger charge is 2.25. The van der Waals surface area contributed by atoms with Crippen LogP contribution in [0.3, 0.4) is 0 Å². The number of hydrogen-bond donors (Lipinski definition) is 0. The molecule has 0 bridgehead atoms. The number of piperidine rings is 1. The van der Waals surface area contributed by atoms with E-state index in [1.165, 1.54) is 0 Å². The first-order valence-electron chi connectivity index (χ1n) is 14.1. The molecule has 0 spiro atoms. The molecule has 3 saturated heterocycles. The second-order valence-electron chi connectivity index (χ2n) is 10.5. The van der Waals surface area contributed by atoms with Crippen molar-refractivity contribution in [3.63, 3.8) is 0 Å². The number of rotatable bonds is 8. The van der Waals surface area contributed by atoms with Crippen LogP contribution in [0.2, 0.25) is 0 Å². The highest BCUT2D eigenvalue weighted by molar-refractivity contribution is 6.14. The monoisotopic (exact) mass is 549 g/mol. The zero-order valence-corrected chi connectivity index (χ0v) is 23.6. The molecule has 214 valence electrons. The van der Waals surface area contributed by atoms with E-state index in [0.29, 0.717) is 60.4 Å². The standard InChI is InChI=1S/C32H39NO7/c1-33-20-24(16-22-10-12-26(28(18-22)35-2)39-30-8-4-6-14-37-30)32(34)25(21-33)17-23-11-13-27(29(19-23)36-3)40-31-9-5-7-15-38-31/h10-13,16-19,30-31H,4-9,14-15,20-21H2,1-3H3. The van der Waals surface area contributed by atoms with E-state index in [1.54, 1.807) is 14.2 Å². The van der Waals surface area contributed by atoms with Crippen molar-refractivity contribution in [3.05, 3.63) is 58.7 Å². The second-order valence-corrected chi connectivity index (χ2v) is 10.5. The van der Waals surface area contributed by atoms with E-state index >= 15 is 0 Å². The van der Waals surface area contributed by atoms with Crippen LogP contribution in [0.25, 0.3) is 12.2 Å². The fourth-order valence-electron chi connectivity index (χ4n) is 5.25. The molecule has 3 heterocycles. The fraction of sp³-hybridized carbons (Fsp3) is 0.469. The molecule has 8 heteroatoms. The van der Waals surface area contributed by atoms with Crippen LogP contribution in [-0.4, -0.2) is 70.8 Å². The van der Waals surface area contributed by atoms with E-state index in [4.69, 9.17) is 28.4 Å². The van der Waals surface area contributed by atoms with Crippen LogP contribution in [0.4, 0.5) is 0 Å². The van der Waals surface area contributed by atoms with Crippen LogP contribution in [0, 0.1) is 0 Å². The van der Waals surface area contributed by atoms with E-state index in [2.05, 4.69) is 4.90 Å². The number of benzene rings is 2. The average molecular weight is 550 g/mol. The molecule has 2 aromatic rings. The maximum absolute atomic E-state index is 13.5. The minimum atomic E-state index is -0.257. The molecule has 3 aliphatic heterocycles. The number of carbonyl (C=O) groups excluding carboxylic acids is 1. The number of ether oxygens (including phenoxy) is 6. The van der Waals surface area contributed by atoms with Gasteiger partial charge in [0.25, 0.3) is 0 Å². The van der Waals surface area contributed by atoms with Gasteiger partial charge in [0.15, 0.2) is 41.4 Å². The largest absolute Gasteiger partial charge is 0.493 e. The van der Waals surface area contributed by atoms with Gasteiger partial charge in [0.1, 0.15) is 0 Å². The summed E-state index contributed by atoms with van der Waals surface area (Å²) in [6.45, 7) is 2.54. The lowest BCUT2D eigenvalue weighted by Crippen LogP contribution is -2.34. The molecule has 8 nitrogen and oxygen atoms in total. The molecule has 3 fully saturated rings.